The van der Waals surface area contributed by atoms with Gasteiger partial charge in [0, 0.05) is 34.8 Å². The summed E-state index contributed by atoms with van der Waals surface area (Å²) in [5.41, 5.74) is 11.8. The van der Waals surface area contributed by atoms with E-state index in [9.17, 15) is 14.7 Å². The van der Waals surface area contributed by atoms with E-state index in [4.69, 9.17) is 15.5 Å². The Morgan fingerprint density at radius 2 is 1.79 bits per heavy atom. The maximum atomic E-state index is 13.2. The first-order chi connectivity index (χ1) is 18.3. The summed E-state index contributed by atoms with van der Waals surface area (Å²) >= 11 is 1.58. The number of carboxylic acid groups (broad SMARTS) is 1. The van der Waals surface area contributed by atoms with Crippen molar-refractivity contribution in [2.45, 2.75) is 70.6 Å². The molecule has 3 atom stereocenters. The Morgan fingerprint density at radius 1 is 1.08 bits per heavy atom. The number of hydrogen-bond acceptors (Lipinski definition) is 7. The Hall–Kier alpha value is -3.23. The molecule has 2 saturated heterocycles. The van der Waals surface area contributed by atoms with Crippen molar-refractivity contribution >= 4 is 44.1 Å². The highest BCUT2D eigenvalue weighted by molar-refractivity contribution is 7.22. The van der Waals surface area contributed by atoms with Crippen LogP contribution in [0.15, 0.2) is 42.0 Å². The van der Waals surface area contributed by atoms with Crippen molar-refractivity contribution in [3.8, 4) is 0 Å². The standard InChI is InChI=1S/C30H33N3O4S/c1-16-5-3-4-6-23(16)26(31)24(28(34)18-7-8-18)15-37-22-13-20-9-10-21(14-22)33(20)30-32-27-17(2)11-19(29(35)36)12-25(27)38-30/h3-6,11-12,18,20-22H,7-10,13-15,31H2,1-2H3,(H,35,36)/t20-,21?,22?/m0/s1. The Labute approximate surface area is 226 Å². The molecule has 8 heteroatoms. The number of nitrogens with two attached hydrogens (primary N) is 1. The lowest BCUT2D eigenvalue weighted by Crippen LogP contribution is -2.45. The number of carboxylic acids is 1. The van der Waals surface area contributed by atoms with Gasteiger partial charge in [0.15, 0.2) is 10.9 Å². The van der Waals surface area contributed by atoms with Crippen molar-refractivity contribution in [1.82, 2.24) is 4.98 Å². The van der Waals surface area contributed by atoms with E-state index < -0.39 is 5.97 Å². The molecule has 3 aromatic rings. The first-order valence-corrected chi connectivity index (χ1v) is 14.2. The molecule has 0 radical (unpaired) electrons. The Bertz CT molecular complexity index is 1440. The number of Topliss-reactive ketones (excluding diaryl/α,β-unsaturated/α-hetero) is 1. The minimum absolute atomic E-state index is 0.0603. The molecular formula is C30H33N3O4S. The fraction of sp³-hybridized carbons (Fsp3) is 0.433. The molecular weight excluding hydrogens is 498 g/mol. The van der Waals surface area contributed by atoms with Gasteiger partial charge in [-0.05, 0) is 75.6 Å². The second-order valence-corrected chi connectivity index (χ2v) is 12.0. The molecule has 3 heterocycles. The monoisotopic (exact) mass is 531 g/mol. The van der Waals surface area contributed by atoms with Gasteiger partial charge in [-0.1, -0.05) is 35.6 Å². The molecule has 2 aliphatic heterocycles. The van der Waals surface area contributed by atoms with Crippen LogP contribution >= 0.6 is 11.3 Å². The number of rotatable bonds is 8. The third kappa shape index (κ3) is 4.60. The van der Waals surface area contributed by atoms with E-state index in [1.165, 1.54) is 0 Å². The number of carbonyl (C=O) groups is 2. The fourth-order valence-electron chi connectivity index (χ4n) is 6.11. The second-order valence-electron chi connectivity index (χ2n) is 11.0. The molecule has 3 fully saturated rings. The van der Waals surface area contributed by atoms with Crippen LogP contribution in [-0.4, -0.2) is 46.6 Å². The molecule has 1 saturated carbocycles. The minimum atomic E-state index is -0.917. The summed E-state index contributed by atoms with van der Waals surface area (Å²) in [6.45, 7) is 4.18. The third-order valence-electron chi connectivity index (χ3n) is 8.30. The number of benzene rings is 2. The highest BCUT2D eigenvalue weighted by Gasteiger charge is 2.43. The van der Waals surface area contributed by atoms with E-state index >= 15 is 0 Å². The first-order valence-electron chi connectivity index (χ1n) is 13.4. The summed E-state index contributed by atoms with van der Waals surface area (Å²) in [5, 5.41) is 10.4. The molecule has 3 aliphatic rings. The maximum absolute atomic E-state index is 13.2. The summed E-state index contributed by atoms with van der Waals surface area (Å²) in [7, 11) is 0. The molecule has 6 rings (SSSR count). The van der Waals surface area contributed by atoms with E-state index in [0.717, 1.165) is 70.6 Å². The molecule has 198 valence electrons. The largest absolute Gasteiger partial charge is 0.478 e. The molecule has 1 aliphatic carbocycles. The minimum Gasteiger partial charge on any atom is -0.478 e. The first kappa shape index (κ1) is 25.1. The van der Waals surface area contributed by atoms with Crippen LogP contribution in [0.5, 0.6) is 0 Å². The number of hydrogen-bond donors (Lipinski definition) is 2. The molecule has 38 heavy (non-hydrogen) atoms. The highest BCUT2D eigenvalue weighted by Crippen LogP contribution is 2.44. The number of aromatic carboxylic acids is 1. The van der Waals surface area contributed by atoms with Gasteiger partial charge in [-0.15, -0.1) is 0 Å². The highest BCUT2D eigenvalue weighted by atomic mass is 32.1. The van der Waals surface area contributed by atoms with Gasteiger partial charge < -0.3 is 20.5 Å². The van der Waals surface area contributed by atoms with Crippen LogP contribution < -0.4 is 10.6 Å². The lowest BCUT2D eigenvalue weighted by atomic mass is 9.97. The van der Waals surface area contributed by atoms with Gasteiger partial charge in [0.05, 0.1) is 28.5 Å². The number of nitrogens with zero attached hydrogens (tertiary/aromatic N) is 2. The normalized spacial score (nSPS) is 23.5. The summed E-state index contributed by atoms with van der Waals surface area (Å²) in [6.07, 6.45) is 5.83. The smallest absolute Gasteiger partial charge is 0.335 e. The molecule has 2 aromatic carbocycles. The fourth-order valence-corrected chi connectivity index (χ4v) is 7.33. The number of piperidine rings is 1. The summed E-state index contributed by atoms with van der Waals surface area (Å²) < 4.78 is 7.36. The van der Waals surface area contributed by atoms with Gasteiger partial charge in [-0.3, -0.25) is 4.79 Å². The maximum Gasteiger partial charge on any atom is 0.335 e. The molecule has 3 N–H and O–H groups in total. The Morgan fingerprint density at radius 3 is 2.45 bits per heavy atom. The number of fused-ring (bicyclic) bond motifs is 3. The van der Waals surface area contributed by atoms with Gasteiger partial charge in [0.1, 0.15) is 0 Å². The molecule has 2 bridgehead atoms. The molecule has 0 spiro atoms. The van der Waals surface area contributed by atoms with Crippen LogP contribution in [-0.2, 0) is 9.53 Å². The van der Waals surface area contributed by atoms with E-state index in [1.54, 1.807) is 23.5 Å². The third-order valence-corrected chi connectivity index (χ3v) is 9.32. The Kier molecular flexibility index (Phi) is 6.48. The van der Waals surface area contributed by atoms with Crippen molar-refractivity contribution in [3.05, 3.63) is 64.2 Å². The van der Waals surface area contributed by atoms with Crippen LogP contribution in [0.4, 0.5) is 5.13 Å². The predicted octanol–water partition coefficient (Wildman–Crippen LogP) is 5.48. The van der Waals surface area contributed by atoms with Crippen LogP contribution in [0.25, 0.3) is 15.9 Å². The quantitative estimate of drug-likeness (QED) is 0.371. The topological polar surface area (TPSA) is 106 Å². The average Bonchev–Trinajstić information content (AvgIpc) is 3.60. The van der Waals surface area contributed by atoms with E-state index in [1.807, 2.05) is 38.1 Å². The average molecular weight is 532 g/mol. The molecule has 1 aromatic heterocycles. The van der Waals surface area contributed by atoms with Crippen molar-refractivity contribution in [2.24, 2.45) is 11.7 Å². The zero-order chi connectivity index (χ0) is 26.6. The van der Waals surface area contributed by atoms with Gasteiger partial charge in [0.25, 0.3) is 0 Å². The van der Waals surface area contributed by atoms with E-state index in [0.29, 0.717) is 28.9 Å². The van der Waals surface area contributed by atoms with Crippen LogP contribution in [0.1, 0.15) is 65.6 Å². The molecule has 7 nitrogen and oxygen atoms in total. The lowest BCUT2D eigenvalue weighted by molar-refractivity contribution is -0.117. The number of ether oxygens (including phenoxy) is 1. The zero-order valence-electron chi connectivity index (χ0n) is 21.8. The summed E-state index contributed by atoms with van der Waals surface area (Å²) in [4.78, 5) is 32.1. The van der Waals surface area contributed by atoms with Crippen molar-refractivity contribution in [2.75, 3.05) is 11.5 Å². The number of aromatic nitrogens is 1. The Balaban J connectivity index is 1.20. The number of carbonyl (C=O) groups excluding carboxylic acids is 1. The molecule has 0 amide bonds. The predicted molar refractivity (Wildman–Crippen MR) is 150 cm³/mol. The van der Waals surface area contributed by atoms with Crippen LogP contribution in [0.2, 0.25) is 0 Å². The molecule has 2 unspecified atom stereocenters. The summed E-state index contributed by atoms with van der Waals surface area (Å²) in [5.74, 6) is -0.699. The number of anilines is 1. The zero-order valence-corrected chi connectivity index (χ0v) is 22.6. The van der Waals surface area contributed by atoms with Crippen LogP contribution in [0, 0.1) is 19.8 Å². The second kappa shape index (κ2) is 9.82. The van der Waals surface area contributed by atoms with E-state index in [-0.39, 0.29) is 24.4 Å². The lowest BCUT2D eigenvalue weighted by Gasteiger charge is -2.38. The van der Waals surface area contributed by atoms with Crippen LogP contribution in [0.3, 0.4) is 0 Å². The van der Waals surface area contributed by atoms with Crippen molar-refractivity contribution < 1.29 is 19.4 Å². The summed E-state index contributed by atoms with van der Waals surface area (Å²) in [6, 6.07) is 12.0. The van der Waals surface area contributed by atoms with Gasteiger partial charge in [0.2, 0.25) is 0 Å². The van der Waals surface area contributed by atoms with Crippen molar-refractivity contribution in [1.29, 1.82) is 0 Å². The van der Waals surface area contributed by atoms with Crippen molar-refractivity contribution in [3.63, 3.8) is 0 Å². The number of thiazole rings is 1. The number of ketones is 1. The van der Waals surface area contributed by atoms with E-state index in [2.05, 4.69) is 4.90 Å². The number of aryl methyl sites for hydroxylation is 2. The van der Waals surface area contributed by atoms with Gasteiger partial charge in [-0.25, -0.2) is 9.78 Å². The van der Waals surface area contributed by atoms with Gasteiger partial charge in [-0.2, -0.15) is 0 Å². The SMILES string of the molecule is Cc1ccccc1C(N)=C(COC1CC2CC[C@@H](C1)N2c1nc2c(C)cc(C(=O)O)cc2s1)C(=O)C1CC1. The van der Waals surface area contributed by atoms with Gasteiger partial charge >= 0.3 is 5.97 Å².